The van der Waals surface area contributed by atoms with Crippen molar-refractivity contribution >= 4 is 11.9 Å². The van der Waals surface area contributed by atoms with E-state index in [0.717, 1.165) is 11.3 Å². The minimum atomic E-state index is -0.0543. The van der Waals surface area contributed by atoms with E-state index in [-0.39, 0.29) is 5.78 Å². The highest BCUT2D eigenvalue weighted by Crippen LogP contribution is 2.04. The van der Waals surface area contributed by atoms with Crippen LogP contribution in [0.4, 0.5) is 0 Å². The number of hydrogen-bond donors (Lipinski definition) is 0. The van der Waals surface area contributed by atoms with Gasteiger partial charge in [0.25, 0.3) is 0 Å². The average molecular weight is 224 g/mol. The van der Waals surface area contributed by atoms with Gasteiger partial charge in [0.2, 0.25) is 0 Å². The number of nitrogens with zero attached hydrogens (tertiary/aromatic N) is 2. The van der Waals surface area contributed by atoms with Gasteiger partial charge < -0.3 is 0 Å². The first-order valence-electron chi connectivity index (χ1n) is 5.31. The zero-order valence-electron chi connectivity index (χ0n) is 9.50. The lowest BCUT2D eigenvalue weighted by molar-refractivity contribution is 0.104. The highest BCUT2D eigenvalue weighted by molar-refractivity contribution is 6.06. The minimum Gasteiger partial charge on any atom is -0.289 e. The highest BCUT2D eigenvalue weighted by atomic mass is 16.1. The Bertz CT molecular complexity index is 530. The van der Waals surface area contributed by atoms with Crippen molar-refractivity contribution in [2.75, 3.05) is 0 Å². The van der Waals surface area contributed by atoms with Gasteiger partial charge in [-0.3, -0.25) is 14.8 Å². The lowest BCUT2D eigenvalue weighted by Crippen LogP contribution is -1.95. The second kappa shape index (κ2) is 5.16. The molecule has 0 saturated carbocycles. The van der Waals surface area contributed by atoms with Crippen molar-refractivity contribution < 1.29 is 4.79 Å². The number of rotatable bonds is 3. The van der Waals surface area contributed by atoms with E-state index in [0.29, 0.717) is 5.56 Å². The summed E-state index contributed by atoms with van der Waals surface area (Å²) in [5.41, 5.74) is 2.40. The molecule has 0 bridgehead atoms. The maximum atomic E-state index is 11.8. The second-order valence-corrected chi connectivity index (χ2v) is 3.67. The Morgan fingerprint density at radius 2 is 2.12 bits per heavy atom. The quantitative estimate of drug-likeness (QED) is 0.594. The van der Waals surface area contributed by atoms with Gasteiger partial charge >= 0.3 is 0 Å². The molecule has 0 fully saturated rings. The van der Waals surface area contributed by atoms with Gasteiger partial charge in [-0.25, -0.2) is 0 Å². The Kier molecular flexibility index (Phi) is 3.40. The van der Waals surface area contributed by atoms with Gasteiger partial charge in [-0.15, -0.1) is 0 Å². The SMILES string of the molecule is Cc1ccc(C(=O)/C=C/c2cccnc2)cn1. The first kappa shape index (κ1) is 11.2. The van der Waals surface area contributed by atoms with Crippen LogP contribution in [-0.4, -0.2) is 15.8 Å². The van der Waals surface area contributed by atoms with Gasteiger partial charge in [0.1, 0.15) is 0 Å². The van der Waals surface area contributed by atoms with Gasteiger partial charge in [-0.2, -0.15) is 0 Å². The fourth-order valence-electron chi connectivity index (χ4n) is 1.36. The summed E-state index contributed by atoms with van der Waals surface area (Å²) in [5, 5.41) is 0. The van der Waals surface area contributed by atoms with Crippen molar-refractivity contribution in [1.29, 1.82) is 0 Å². The number of carbonyl (C=O) groups is 1. The molecule has 0 saturated heterocycles. The molecule has 0 amide bonds. The Morgan fingerprint density at radius 1 is 1.24 bits per heavy atom. The molecule has 3 heteroatoms. The Morgan fingerprint density at radius 3 is 2.76 bits per heavy atom. The minimum absolute atomic E-state index is 0.0543. The topological polar surface area (TPSA) is 42.9 Å². The summed E-state index contributed by atoms with van der Waals surface area (Å²) in [6.45, 7) is 1.89. The van der Waals surface area contributed by atoms with E-state index in [1.807, 2.05) is 25.1 Å². The Labute approximate surface area is 99.9 Å². The highest BCUT2D eigenvalue weighted by Gasteiger charge is 2.00. The number of ketones is 1. The smallest absolute Gasteiger partial charge is 0.187 e. The van der Waals surface area contributed by atoms with Crippen molar-refractivity contribution in [1.82, 2.24) is 9.97 Å². The molecule has 2 aromatic heterocycles. The maximum Gasteiger partial charge on any atom is 0.187 e. The first-order valence-corrected chi connectivity index (χ1v) is 5.31. The summed E-state index contributed by atoms with van der Waals surface area (Å²) >= 11 is 0. The fraction of sp³-hybridized carbons (Fsp3) is 0.0714. The fourth-order valence-corrected chi connectivity index (χ4v) is 1.36. The van der Waals surface area contributed by atoms with Crippen molar-refractivity contribution in [3.8, 4) is 0 Å². The van der Waals surface area contributed by atoms with E-state index in [9.17, 15) is 4.79 Å². The summed E-state index contributed by atoms with van der Waals surface area (Å²) in [4.78, 5) is 19.8. The number of aryl methyl sites for hydroxylation is 1. The lowest BCUT2D eigenvalue weighted by atomic mass is 10.1. The number of hydrogen-bond acceptors (Lipinski definition) is 3. The predicted octanol–water partition coefficient (Wildman–Crippen LogP) is 2.68. The molecule has 2 heterocycles. The van der Waals surface area contributed by atoms with Gasteiger partial charge in [0.15, 0.2) is 5.78 Å². The third-order valence-electron chi connectivity index (χ3n) is 2.31. The number of aromatic nitrogens is 2. The number of carbonyl (C=O) groups excluding carboxylic acids is 1. The zero-order valence-corrected chi connectivity index (χ0v) is 9.50. The summed E-state index contributed by atoms with van der Waals surface area (Å²) in [7, 11) is 0. The molecular weight excluding hydrogens is 212 g/mol. The molecule has 3 nitrogen and oxygen atoms in total. The molecule has 0 aromatic carbocycles. The van der Waals surface area contributed by atoms with E-state index in [1.165, 1.54) is 6.08 Å². The third kappa shape index (κ3) is 3.08. The molecule has 17 heavy (non-hydrogen) atoms. The van der Waals surface area contributed by atoms with E-state index in [1.54, 1.807) is 30.7 Å². The molecule has 0 atom stereocenters. The van der Waals surface area contributed by atoms with Gasteiger partial charge in [0, 0.05) is 29.8 Å². The van der Waals surface area contributed by atoms with E-state index >= 15 is 0 Å². The average Bonchev–Trinajstić information content (AvgIpc) is 2.38. The van der Waals surface area contributed by atoms with E-state index < -0.39 is 0 Å². The van der Waals surface area contributed by atoms with E-state index in [4.69, 9.17) is 0 Å². The first-order chi connectivity index (χ1) is 8.25. The molecule has 0 N–H and O–H groups in total. The molecule has 84 valence electrons. The summed E-state index contributed by atoms with van der Waals surface area (Å²) in [5.74, 6) is -0.0543. The Balaban J connectivity index is 2.12. The molecule has 2 rings (SSSR count). The summed E-state index contributed by atoms with van der Waals surface area (Å²) in [6.07, 6.45) is 8.27. The van der Waals surface area contributed by atoms with Crippen LogP contribution in [-0.2, 0) is 0 Å². The number of pyridine rings is 2. The lowest BCUT2D eigenvalue weighted by Gasteiger charge is -1.96. The summed E-state index contributed by atoms with van der Waals surface area (Å²) < 4.78 is 0. The molecule has 0 aliphatic heterocycles. The maximum absolute atomic E-state index is 11.8. The molecule has 0 aliphatic carbocycles. The second-order valence-electron chi connectivity index (χ2n) is 3.67. The summed E-state index contributed by atoms with van der Waals surface area (Å²) in [6, 6.07) is 7.32. The van der Waals surface area contributed by atoms with Crippen LogP contribution in [0.5, 0.6) is 0 Å². The largest absolute Gasteiger partial charge is 0.289 e. The molecule has 0 unspecified atom stereocenters. The number of allylic oxidation sites excluding steroid dienone is 1. The zero-order chi connectivity index (χ0) is 12.1. The van der Waals surface area contributed by atoms with Crippen molar-refractivity contribution in [3.63, 3.8) is 0 Å². The van der Waals surface area contributed by atoms with E-state index in [2.05, 4.69) is 9.97 Å². The van der Waals surface area contributed by atoms with Crippen molar-refractivity contribution in [2.24, 2.45) is 0 Å². The third-order valence-corrected chi connectivity index (χ3v) is 2.31. The van der Waals surface area contributed by atoms with Gasteiger partial charge in [-0.1, -0.05) is 6.07 Å². The van der Waals surface area contributed by atoms with Crippen LogP contribution in [0.25, 0.3) is 6.08 Å². The molecule has 2 aromatic rings. The normalized spacial score (nSPS) is 10.6. The van der Waals surface area contributed by atoms with Crippen LogP contribution < -0.4 is 0 Å². The van der Waals surface area contributed by atoms with Crippen molar-refractivity contribution in [3.05, 3.63) is 65.8 Å². The van der Waals surface area contributed by atoms with Crippen LogP contribution in [0.3, 0.4) is 0 Å². The van der Waals surface area contributed by atoms with Crippen LogP contribution >= 0.6 is 0 Å². The molecule has 0 spiro atoms. The monoisotopic (exact) mass is 224 g/mol. The van der Waals surface area contributed by atoms with Crippen LogP contribution in [0.15, 0.2) is 48.9 Å². The van der Waals surface area contributed by atoms with Crippen LogP contribution in [0.1, 0.15) is 21.6 Å². The van der Waals surface area contributed by atoms with Gasteiger partial charge in [-0.05, 0) is 42.8 Å². The standard InChI is InChI=1S/C14H12N2O/c1-11-4-6-13(10-16-11)14(17)7-5-12-3-2-8-15-9-12/h2-10H,1H3/b7-5+. The van der Waals surface area contributed by atoms with Crippen LogP contribution in [0.2, 0.25) is 0 Å². The predicted molar refractivity (Wildman–Crippen MR) is 66.6 cm³/mol. The molecule has 0 aliphatic rings. The van der Waals surface area contributed by atoms with Crippen LogP contribution in [0, 0.1) is 6.92 Å². The Hall–Kier alpha value is -2.29. The molecule has 0 radical (unpaired) electrons. The van der Waals surface area contributed by atoms with Gasteiger partial charge in [0.05, 0.1) is 0 Å². The molecular formula is C14H12N2O. The van der Waals surface area contributed by atoms with Crippen molar-refractivity contribution in [2.45, 2.75) is 6.92 Å².